The van der Waals surface area contributed by atoms with Gasteiger partial charge >= 0.3 is 0 Å². The van der Waals surface area contributed by atoms with Gasteiger partial charge in [0.05, 0.1) is 11.4 Å². The zero-order valence-electron chi connectivity index (χ0n) is 10.4. The van der Waals surface area contributed by atoms with Crippen LogP contribution in [0, 0.1) is 0 Å². The molecule has 1 aromatic rings. The molecule has 0 spiro atoms. The molecule has 0 aliphatic carbocycles. The molecule has 0 aliphatic heterocycles. The fraction of sp³-hybridized carbons (Fsp3) is 0.364. The van der Waals surface area contributed by atoms with Crippen LogP contribution in [0.5, 0.6) is 0 Å². The number of hydrazine groups is 2. The zero-order valence-corrected chi connectivity index (χ0v) is 10.4. The van der Waals surface area contributed by atoms with Crippen LogP contribution in [0.15, 0.2) is 18.2 Å². The molecule has 0 saturated carbocycles. The first-order chi connectivity index (χ1) is 7.93. The highest BCUT2D eigenvalue weighted by Gasteiger charge is 2.08. The number of rotatable bonds is 4. The maximum atomic E-state index is 11.0. The third-order valence-corrected chi connectivity index (χ3v) is 2.53. The van der Waals surface area contributed by atoms with Gasteiger partial charge in [-0.05, 0) is 11.6 Å². The van der Waals surface area contributed by atoms with E-state index in [0.717, 1.165) is 11.3 Å². The Morgan fingerprint density at radius 2 is 2.06 bits per heavy atom. The molecule has 1 rings (SSSR count). The fourth-order valence-electron chi connectivity index (χ4n) is 1.38. The van der Waals surface area contributed by atoms with Crippen molar-refractivity contribution in [3.63, 3.8) is 0 Å². The molecule has 6 heteroatoms. The molecule has 0 aliphatic rings. The number of hydrogen-bond donors (Lipinski definition) is 3. The van der Waals surface area contributed by atoms with Crippen LogP contribution in [0.1, 0.15) is 12.5 Å². The number of nitrogens with one attached hydrogen (secondary N) is 1. The average Bonchev–Trinajstić information content (AvgIpc) is 2.26. The smallest absolute Gasteiger partial charge is 0.233 e. The summed E-state index contributed by atoms with van der Waals surface area (Å²) in [6.07, 6.45) is 0. The van der Waals surface area contributed by atoms with E-state index in [1.807, 2.05) is 18.2 Å². The molecule has 0 aromatic heterocycles. The van der Waals surface area contributed by atoms with Gasteiger partial charge in [-0.2, -0.15) is 0 Å². The molecule has 0 fully saturated rings. The maximum Gasteiger partial charge on any atom is 0.233 e. The second kappa shape index (κ2) is 5.51. The van der Waals surface area contributed by atoms with E-state index in [1.165, 1.54) is 16.9 Å². The van der Waals surface area contributed by atoms with Crippen LogP contribution in [0.25, 0.3) is 0 Å². The Morgan fingerprint density at radius 1 is 1.41 bits per heavy atom. The fourth-order valence-corrected chi connectivity index (χ4v) is 1.38. The van der Waals surface area contributed by atoms with Crippen LogP contribution >= 0.6 is 0 Å². The lowest BCUT2D eigenvalue weighted by Gasteiger charge is -2.20. The molecular formula is C11H19N5O. The van der Waals surface area contributed by atoms with E-state index < -0.39 is 0 Å². The first-order valence-corrected chi connectivity index (χ1v) is 5.27. The molecule has 17 heavy (non-hydrogen) atoms. The quantitative estimate of drug-likeness (QED) is 0.391. The van der Waals surface area contributed by atoms with Crippen molar-refractivity contribution in [1.82, 2.24) is 10.4 Å². The Kier molecular flexibility index (Phi) is 4.30. The van der Waals surface area contributed by atoms with E-state index in [9.17, 15) is 4.79 Å². The summed E-state index contributed by atoms with van der Waals surface area (Å²) >= 11 is 0. The summed E-state index contributed by atoms with van der Waals surface area (Å²) in [7, 11) is 3.39. The van der Waals surface area contributed by atoms with Crippen LogP contribution in [0.2, 0.25) is 0 Å². The largest absolute Gasteiger partial charge is 0.397 e. The first kappa shape index (κ1) is 13.3. The summed E-state index contributed by atoms with van der Waals surface area (Å²) in [4.78, 5) is 11.0. The second-order valence-electron chi connectivity index (χ2n) is 3.87. The Bertz CT molecular complexity index is 405. The van der Waals surface area contributed by atoms with Gasteiger partial charge in [0.1, 0.15) is 0 Å². The van der Waals surface area contributed by atoms with Crippen molar-refractivity contribution in [2.45, 2.75) is 13.5 Å². The van der Waals surface area contributed by atoms with Crippen LogP contribution in [0.3, 0.4) is 0 Å². The van der Waals surface area contributed by atoms with Gasteiger partial charge in [0.25, 0.3) is 0 Å². The van der Waals surface area contributed by atoms with Gasteiger partial charge in [0.2, 0.25) is 5.91 Å². The molecule has 0 bridgehead atoms. The van der Waals surface area contributed by atoms with Crippen molar-refractivity contribution < 1.29 is 4.79 Å². The summed E-state index contributed by atoms with van der Waals surface area (Å²) in [5, 5.41) is 2.88. The lowest BCUT2D eigenvalue weighted by Crippen LogP contribution is -2.37. The second-order valence-corrected chi connectivity index (χ2v) is 3.87. The number of benzene rings is 1. The number of carbonyl (C=O) groups excluding carboxylic acids is 1. The number of amides is 1. The lowest BCUT2D eigenvalue weighted by atomic mass is 10.1. The molecule has 1 aromatic carbocycles. The Labute approximate surface area is 101 Å². The van der Waals surface area contributed by atoms with E-state index in [1.54, 1.807) is 14.1 Å². The van der Waals surface area contributed by atoms with E-state index in [2.05, 4.69) is 5.43 Å². The molecule has 94 valence electrons. The summed E-state index contributed by atoms with van der Waals surface area (Å²) in [5.74, 6) is 5.60. The minimum absolute atomic E-state index is 0.0596. The molecule has 0 radical (unpaired) electrons. The van der Waals surface area contributed by atoms with E-state index in [4.69, 9.17) is 11.6 Å². The van der Waals surface area contributed by atoms with Crippen molar-refractivity contribution in [2.24, 2.45) is 5.84 Å². The van der Waals surface area contributed by atoms with Crippen molar-refractivity contribution in [3.05, 3.63) is 23.8 Å². The van der Waals surface area contributed by atoms with Crippen molar-refractivity contribution in [1.29, 1.82) is 0 Å². The minimum atomic E-state index is -0.0596. The maximum absolute atomic E-state index is 11.0. The first-order valence-electron chi connectivity index (χ1n) is 5.27. The van der Waals surface area contributed by atoms with Gasteiger partial charge in [0, 0.05) is 27.6 Å². The highest BCUT2D eigenvalue weighted by atomic mass is 16.2. The molecular weight excluding hydrogens is 218 g/mol. The van der Waals surface area contributed by atoms with Crippen molar-refractivity contribution >= 4 is 17.3 Å². The van der Waals surface area contributed by atoms with Crippen LogP contribution in [0.4, 0.5) is 11.4 Å². The van der Waals surface area contributed by atoms with Gasteiger partial charge in [-0.1, -0.05) is 12.1 Å². The summed E-state index contributed by atoms with van der Waals surface area (Å²) in [6.45, 7) is 1.96. The number of hydrogen-bond acceptors (Lipinski definition) is 5. The number of nitrogen functional groups attached to an aromatic ring is 1. The Balaban J connectivity index is 2.78. The number of nitrogens with zero attached hydrogens (tertiary/aromatic N) is 2. The van der Waals surface area contributed by atoms with Crippen LogP contribution < -0.4 is 22.0 Å². The van der Waals surface area contributed by atoms with Gasteiger partial charge < -0.3 is 10.7 Å². The molecule has 5 N–H and O–H groups in total. The summed E-state index contributed by atoms with van der Waals surface area (Å²) in [5.41, 5.74) is 11.2. The van der Waals surface area contributed by atoms with Crippen molar-refractivity contribution in [2.75, 3.05) is 24.8 Å². The number of para-hydroxylation sites is 1. The highest BCUT2D eigenvalue weighted by Crippen LogP contribution is 2.23. The van der Waals surface area contributed by atoms with Gasteiger partial charge in [-0.25, -0.2) is 11.3 Å². The zero-order chi connectivity index (χ0) is 13.0. The third-order valence-electron chi connectivity index (χ3n) is 2.53. The normalized spacial score (nSPS) is 10.1. The van der Waals surface area contributed by atoms with Gasteiger partial charge in [-0.15, -0.1) is 0 Å². The third kappa shape index (κ3) is 3.33. The van der Waals surface area contributed by atoms with E-state index >= 15 is 0 Å². The predicted octanol–water partition coefficient (Wildman–Crippen LogP) is 0.0616. The topological polar surface area (TPSA) is 87.6 Å². The number of carbonyl (C=O) groups is 1. The monoisotopic (exact) mass is 237 g/mol. The molecule has 0 unspecified atom stereocenters. The predicted molar refractivity (Wildman–Crippen MR) is 68.7 cm³/mol. The summed E-state index contributed by atoms with van der Waals surface area (Å²) in [6, 6.07) is 5.61. The molecule has 1 amide bonds. The van der Waals surface area contributed by atoms with E-state index in [-0.39, 0.29) is 5.91 Å². The van der Waals surface area contributed by atoms with Crippen LogP contribution in [-0.4, -0.2) is 25.0 Å². The Hall–Kier alpha value is -1.79. The van der Waals surface area contributed by atoms with Gasteiger partial charge in [-0.3, -0.25) is 9.80 Å². The highest BCUT2D eigenvalue weighted by molar-refractivity contribution is 5.72. The lowest BCUT2D eigenvalue weighted by molar-refractivity contribution is -0.130. The van der Waals surface area contributed by atoms with Crippen molar-refractivity contribution in [3.8, 4) is 0 Å². The standard InChI is InChI=1S/C11H19N5O/c1-8(17)16(3)14-7-9-5-4-6-10(11(9)12)15(2)13/h4-6,14H,7,12-13H2,1-3H3. The minimum Gasteiger partial charge on any atom is -0.397 e. The molecule has 0 atom stereocenters. The number of anilines is 2. The molecule has 0 saturated heterocycles. The van der Waals surface area contributed by atoms with E-state index in [0.29, 0.717) is 12.2 Å². The molecule has 6 nitrogen and oxygen atoms in total. The Morgan fingerprint density at radius 3 is 2.59 bits per heavy atom. The SMILES string of the molecule is CC(=O)N(C)NCc1cccc(N(C)N)c1N. The molecule has 0 heterocycles. The summed E-state index contributed by atoms with van der Waals surface area (Å²) < 4.78 is 0. The van der Waals surface area contributed by atoms with Crippen LogP contribution in [-0.2, 0) is 11.3 Å². The number of nitrogens with two attached hydrogens (primary N) is 2. The van der Waals surface area contributed by atoms with Gasteiger partial charge in [0.15, 0.2) is 0 Å². The average molecular weight is 237 g/mol.